The number of esters is 1. The van der Waals surface area contributed by atoms with Gasteiger partial charge in [-0.05, 0) is 42.0 Å². The molecule has 3 aromatic rings. The highest BCUT2D eigenvalue weighted by molar-refractivity contribution is 5.79. The zero-order chi connectivity index (χ0) is 21.5. The molecule has 2 aromatic carbocycles. The van der Waals surface area contributed by atoms with Crippen LogP contribution in [0.25, 0.3) is 0 Å². The first-order valence-corrected chi connectivity index (χ1v) is 9.95. The van der Waals surface area contributed by atoms with Gasteiger partial charge in [-0.2, -0.15) is 0 Å². The number of aryl methyl sites for hydroxylation is 1. The van der Waals surface area contributed by atoms with E-state index in [1.54, 1.807) is 12.3 Å². The molecule has 2 heterocycles. The van der Waals surface area contributed by atoms with Crippen LogP contribution in [0.1, 0.15) is 30.2 Å². The van der Waals surface area contributed by atoms with Gasteiger partial charge in [0.1, 0.15) is 17.2 Å². The number of pyridine rings is 1. The van der Waals surface area contributed by atoms with Gasteiger partial charge in [-0.25, -0.2) is 0 Å². The lowest BCUT2D eigenvalue weighted by Gasteiger charge is -2.10. The molecular formula is C24H22N2O5. The molecule has 0 saturated carbocycles. The van der Waals surface area contributed by atoms with E-state index < -0.39 is 0 Å². The maximum atomic E-state index is 11.2. The topological polar surface area (TPSA) is 79.2 Å². The van der Waals surface area contributed by atoms with E-state index in [1.807, 2.05) is 60.7 Å². The molecule has 1 aliphatic heterocycles. The fourth-order valence-corrected chi connectivity index (χ4v) is 3.06. The van der Waals surface area contributed by atoms with Gasteiger partial charge in [0.15, 0.2) is 6.10 Å². The summed E-state index contributed by atoms with van der Waals surface area (Å²) >= 11 is 0. The summed E-state index contributed by atoms with van der Waals surface area (Å²) in [7, 11) is 1.37. The second kappa shape index (κ2) is 9.75. The Bertz CT molecular complexity index is 1030. The van der Waals surface area contributed by atoms with Crippen LogP contribution < -0.4 is 9.47 Å². The van der Waals surface area contributed by atoms with Crippen LogP contribution in [0.5, 0.6) is 17.2 Å². The number of hydrogen-bond acceptors (Lipinski definition) is 7. The molecule has 0 fully saturated rings. The molecule has 1 aliphatic rings. The van der Waals surface area contributed by atoms with Crippen molar-refractivity contribution in [1.82, 2.24) is 4.98 Å². The summed E-state index contributed by atoms with van der Waals surface area (Å²) in [5.41, 5.74) is 1.78. The lowest BCUT2D eigenvalue weighted by atomic mass is 10.1. The zero-order valence-electron chi connectivity index (χ0n) is 17.1. The third-order valence-electron chi connectivity index (χ3n) is 4.72. The summed E-state index contributed by atoms with van der Waals surface area (Å²) in [6.07, 6.45) is 2.72. The molecule has 158 valence electrons. The largest absolute Gasteiger partial charge is 0.469 e. The van der Waals surface area contributed by atoms with Crippen molar-refractivity contribution in [3.05, 3.63) is 84.2 Å². The van der Waals surface area contributed by atoms with Gasteiger partial charge in [-0.1, -0.05) is 35.5 Å². The summed E-state index contributed by atoms with van der Waals surface area (Å²) < 4.78 is 16.2. The Labute approximate surface area is 180 Å². The lowest BCUT2D eigenvalue weighted by Crippen LogP contribution is -2.08. The number of hydrogen-bond donors (Lipinski definition) is 0. The average molecular weight is 418 g/mol. The average Bonchev–Trinajstić information content (AvgIpc) is 3.28. The number of ether oxygens (including phenoxy) is 3. The Morgan fingerprint density at radius 2 is 1.71 bits per heavy atom. The van der Waals surface area contributed by atoms with E-state index in [2.05, 4.69) is 14.9 Å². The molecule has 0 bridgehead atoms. The maximum Gasteiger partial charge on any atom is 0.305 e. The Balaban J connectivity index is 1.28. The Morgan fingerprint density at radius 3 is 2.42 bits per heavy atom. The van der Waals surface area contributed by atoms with Gasteiger partial charge >= 0.3 is 5.97 Å². The molecule has 0 radical (unpaired) electrons. The van der Waals surface area contributed by atoms with Crippen LogP contribution in [0.2, 0.25) is 0 Å². The SMILES string of the molecule is COC(=O)CCc1ccc(OC2=NO[C@@H](c3ccc(Oc4ccccc4)cc3)C2)cn1. The van der Waals surface area contributed by atoms with Crippen molar-refractivity contribution < 1.29 is 23.8 Å². The quantitative estimate of drug-likeness (QED) is 0.511. The first-order valence-electron chi connectivity index (χ1n) is 9.95. The molecule has 1 aromatic heterocycles. The number of methoxy groups -OCH3 is 1. The highest BCUT2D eigenvalue weighted by Crippen LogP contribution is 2.30. The van der Waals surface area contributed by atoms with E-state index in [9.17, 15) is 4.79 Å². The van der Waals surface area contributed by atoms with Crippen molar-refractivity contribution in [3.63, 3.8) is 0 Å². The fourth-order valence-electron chi connectivity index (χ4n) is 3.06. The fraction of sp³-hybridized carbons (Fsp3) is 0.208. The molecule has 7 nitrogen and oxygen atoms in total. The standard InChI is InChI=1S/C24H22N2O5/c1-28-24(27)14-10-18-9-13-21(16-25-18)30-23-15-22(31-26-23)17-7-11-20(12-8-17)29-19-5-3-2-4-6-19/h2-9,11-13,16,22H,10,14-15H2,1H3/t22-/m1/s1. The van der Waals surface area contributed by atoms with Crippen LogP contribution >= 0.6 is 0 Å². The van der Waals surface area contributed by atoms with Gasteiger partial charge in [0.2, 0.25) is 5.90 Å². The normalized spacial score (nSPS) is 15.0. The first-order chi connectivity index (χ1) is 15.2. The number of rotatable bonds is 7. The summed E-state index contributed by atoms with van der Waals surface area (Å²) in [4.78, 5) is 21.1. The lowest BCUT2D eigenvalue weighted by molar-refractivity contribution is -0.140. The molecule has 1 atom stereocenters. The minimum atomic E-state index is -0.259. The number of benzene rings is 2. The Morgan fingerprint density at radius 1 is 0.968 bits per heavy atom. The van der Waals surface area contributed by atoms with Gasteiger partial charge in [-0.15, -0.1) is 0 Å². The first kappa shape index (κ1) is 20.4. The summed E-state index contributed by atoms with van der Waals surface area (Å²) in [5.74, 6) is 2.33. The minimum absolute atomic E-state index is 0.215. The molecule has 0 aliphatic carbocycles. The smallest absolute Gasteiger partial charge is 0.305 e. The number of aromatic nitrogens is 1. The van der Waals surface area contributed by atoms with Crippen LogP contribution in [-0.4, -0.2) is 24.0 Å². The molecule has 31 heavy (non-hydrogen) atoms. The molecule has 7 heteroatoms. The number of nitrogens with zero attached hydrogens (tertiary/aromatic N) is 2. The van der Waals surface area contributed by atoms with Crippen molar-refractivity contribution >= 4 is 11.9 Å². The van der Waals surface area contributed by atoms with Crippen molar-refractivity contribution in [2.24, 2.45) is 5.16 Å². The van der Waals surface area contributed by atoms with Gasteiger partial charge in [0.05, 0.1) is 26.1 Å². The Hall–Kier alpha value is -3.87. The second-order valence-corrected chi connectivity index (χ2v) is 6.93. The predicted octanol–water partition coefficient (Wildman–Crippen LogP) is 4.83. The highest BCUT2D eigenvalue weighted by Gasteiger charge is 2.24. The van der Waals surface area contributed by atoms with Gasteiger partial charge in [-0.3, -0.25) is 9.78 Å². The minimum Gasteiger partial charge on any atom is -0.469 e. The van der Waals surface area contributed by atoms with Crippen molar-refractivity contribution in [1.29, 1.82) is 0 Å². The van der Waals surface area contributed by atoms with Crippen molar-refractivity contribution in [2.75, 3.05) is 7.11 Å². The van der Waals surface area contributed by atoms with E-state index in [4.69, 9.17) is 14.3 Å². The van der Waals surface area contributed by atoms with Gasteiger partial charge in [0, 0.05) is 12.1 Å². The molecule has 0 unspecified atom stereocenters. The molecule has 0 spiro atoms. The van der Waals surface area contributed by atoms with Gasteiger partial charge < -0.3 is 19.0 Å². The van der Waals surface area contributed by atoms with Crippen molar-refractivity contribution in [2.45, 2.75) is 25.4 Å². The molecule has 0 amide bonds. The molecular weight excluding hydrogens is 396 g/mol. The van der Waals surface area contributed by atoms with Crippen LogP contribution in [0.4, 0.5) is 0 Å². The van der Waals surface area contributed by atoms with Crippen LogP contribution in [0, 0.1) is 0 Å². The van der Waals surface area contributed by atoms with Crippen LogP contribution in [0.3, 0.4) is 0 Å². The number of oxime groups is 1. The van der Waals surface area contributed by atoms with Gasteiger partial charge in [0.25, 0.3) is 0 Å². The Kier molecular flexibility index (Phi) is 6.42. The summed E-state index contributed by atoms with van der Waals surface area (Å²) in [6.45, 7) is 0. The van der Waals surface area contributed by atoms with E-state index >= 15 is 0 Å². The van der Waals surface area contributed by atoms with Crippen LogP contribution in [0.15, 0.2) is 78.1 Å². The predicted molar refractivity (Wildman–Crippen MR) is 114 cm³/mol. The third-order valence-corrected chi connectivity index (χ3v) is 4.72. The monoisotopic (exact) mass is 418 g/mol. The van der Waals surface area contributed by atoms with E-state index in [-0.39, 0.29) is 12.1 Å². The van der Waals surface area contributed by atoms with E-state index in [1.165, 1.54) is 7.11 Å². The summed E-state index contributed by atoms with van der Waals surface area (Å²) in [6, 6.07) is 21.0. The molecule has 4 rings (SSSR count). The maximum absolute atomic E-state index is 11.2. The molecule has 0 saturated heterocycles. The number of carbonyl (C=O) groups is 1. The summed E-state index contributed by atoms with van der Waals surface area (Å²) in [5, 5.41) is 4.05. The number of para-hydroxylation sites is 1. The zero-order valence-corrected chi connectivity index (χ0v) is 17.1. The van der Waals surface area contributed by atoms with Crippen molar-refractivity contribution in [3.8, 4) is 17.2 Å². The number of carbonyl (C=O) groups excluding carboxylic acids is 1. The third kappa shape index (κ3) is 5.60. The highest BCUT2D eigenvalue weighted by atomic mass is 16.7. The van der Waals surface area contributed by atoms with E-state index in [0.717, 1.165) is 22.8 Å². The second-order valence-electron chi connectivity index (χ2n) is 6.93. The molecule has 0 N–H and O–H groups in total. The van der Waals surface area contributed by atoms with E-state index in [0.29, 0.717) is 30.9 Å². The van der Waals surface area contributed by atoms with Crippen LogP contribution in [-0.2, 0) is 20.8 Å².